The Kier molecular flexibility index (Phi) is 3.66. The van der Waals surface area contributed by atoms with Gasteiger partial charge in [0, 0.05) is 0 Å². The molecule has 2 amide bonds. The standard InChI is InChI=1S/C19H14N2O3/c1-11-3-6-14(9-12(11)2)16-17(22)19(24)21(18(16)23)15-7-4-13(10-20)5-8-15/h3-9,22H,1-2H3. The van der Waals surface area contributed by atoms with Gasteiger partial charge >= 0.3 is 5.91 Å². The van der Waals surface area contributed by atoms with Gasteiger partial charge in [-0.3, -0.25) is 9.59 Å². The number of hydrogen-bond acceptors (Lipinski definition) is 4. The van der Waals surface area contributed by atoms with Gasteiger partial charge in [-0.05, 0) is 54.8 Å². The van der Waals surface area contributed by atoms with Crippen LogP contribution in [-0.4, -0.2) is 16.9 Å². The number of rotatable bonds is 2. The first kappa shape index (κ1) is 15.5. The number of nitrogens with zero attached hydrogens (tertiary/aromatic N) is 2. The van der Waals surface area contributed by atoms with Gasteiger partial charge in [0.15, 0.2) is 5.76 Å². The molecule has 0 aliphatic carbocycles. The molecule has 0 radical (unpaired) electrons. The molecule has 1 heterocycles. The molecule has 0 unspecified atom stereocenters. The summed E-state index contributed by atoms with van der Waals surface area (Å²) in [5.74, 6) is -1.91. The largest absolute Gasteiger partial charge is 0.502 e. The van der Waals surface area contributed by atoms with Crippen LogP contribution in [0.4, 0.5) is 5.69 Å². The maximum Gasteiger partial charge on any atom is 0.301 e. The van der Waals surface area contributed by atoms with Gasteiger partial charge in [0.1, 0.15) is 0 Å². The number of anilines is 1. The van der Waals surface area contributed by atoms with Crippen LogP contribution in [0.15, 0.2) is 48.2 Å². The minimum Gasteiger partial charge on any atom is -0.502 e. The minimum atomic E-state index is -0.766. The molecule has 118 valence electrons. The van der Waals surface area contributed by atoms with Gasteiger partial charge in [-0.15, -0.1) is 0 Å². The zero-order valence-corrected chi connectivity index (χ0v) is 13.2. The Morgan fingerprint density at radius 3 is 2.21 bits per heavy atom. The molecule has 0 fully saturated rings. The van der Waals surface area contributed by atoms with Gasteiger partial charge in [-0.2, -0.15) is 5.26 Å². The zero-order chi connectivity index (χ0) is 17.4. The van der Waals surface area contributed by atoms with E-state index in [1.165, 1.54) is 24.3 Å². The summed E-state index contributed by atoms with van der Waals surface area (Å²) in [6.45, 7) is 3.84. The highest BCUT2D eigenvalue weighted by atomic mass is 16.3. The normalized spacial score (nSPS) is 14.3. The molecule has 1 aliphatic heterocycles. The number of benzene rings is 2. The van der Waals surface area contributed by atoms with Crippen LogP contribution >= 0.6 is 0 Å². The van der Waals surface area contributed by atoms with E-state index >= 15 is 0 Å². The lowest BCUT2D eigenvalue weighted by molar-refractivity contribution is -0.121. The highest BCUT2D eigenvalue weighted by Crippen LogP contribution is 2.32. The van der Waals surface area contributed by atoms with Crippen molar-refractivity contribution in [3.05, 3.63) is 70.5 Å². The lowest BCUT2D eigenvalue weighted by Crippen LogP contribution is -2.31. The summed E-state index contributed by atoms with van der Waals surface area (Å²) in [6.07, 6.45) is 0. The zero-order valence-electron chi connectivity index (χ0n) is 13.2. The van der Waals surface area contributed by atoms with Crippen molar-refractivity contribution in [2.45, 2.75) is 13.8 Å². The molecule has 0 bridgehead atoms. The van der Waals surface area contributed by atoms with Gasteiger partial charge < -0.3 is 5.11 Å². The lowest BCUT2D eigenvalue weighted by atomic mass is 10.00. The first-order valence-electron chi connectivity index (χ1n) is 7.34. The molecule has 24 heavy (non-hydrogen) atoms. The van der Waals surface area contributed by atoms with Crippen LogP contribution in [0.5, 0.6) is 0 Å². The number of aliphatic hydroxyl groups is 1. The first-order valence-corrected chi connectivity index (χ1v) is 7.34. The summed E-state index contributed by atoms with van der Waals surface area (Å²) < 4.78 is 0. The Morgan fingerprint density at radius 2 is 1.62 bits per heavy atom. The predicted molar refractivity (Wildman–Crippen MR) is 89.1 cm³/mol. The molecule has 1 aliphatic rings. The Bertz CT molecular complexity index is 934. The van der Waals surface area contributed by atoms with Crippen LogP contribution in [0.1, 0.15) is 22.3 Å². The lowest BCUT2D eigenvalue weighted by Gasteiger charge is -2.14. The molecular weight excluding hydrogens is 304 g/mol. The maximum absolute atomic E-state index is 12.7. The number of aryl methyl sites for hydroxylation is 2. The van der Waals surface area contributed by atoms with Crippen molar-refractivity contribution in [2.75, 3.05) is 4.90 Å². The van der Waals surface area contributed by atoms with E-state index in [4.69, 9.17) is 5.26 Å². The number of hydrogen-bond donors (Lipinski definition) is 1. The van der Waals surface area contributed by atoms with E-state index in [0.29, 0.717) is 16.8 Å². The molecule has 0 spiro atoms. The monoisotopic (exact) mass is 318 g/mol. The van der Waals surface area contributed by atoms with Crippen molar-refractivity contribution in [1.29, 1.82) is 5.26 Å². The third kappa shape index (κ3) is 2.34. The van der Waals surface area contributed by atoms with Gasteiger partial charge in [0.05, 0.1) is 22.9 Å². The highest BCUT2D eigenvalue weighted by molar-refractivity contribution is 6.44. The van der Waals surface area contributed by atoms with Gasteiger partial charge in [-0.25, -0.2) is 4.90 Å². The molecule has 0 aromatic heterocycles. The van der Waals surface area contributed by atoms with Crippen molar-refractivity contribution >= 4 is 23.1 Å². The van der Waals surface area contributed by atoms with Crippen LogP contribution in [0, 0.1) is 25.2 Å². The van der Waals surface area contributed by atoms with Crippen LogP contribution in [0.3, 0.4) is 0 Å². The van der Waals surface area contributed by atoms with E-state index in [1.54, 1.807) is 12.1 Å². The molecule has 5 nitrogen and oxygen atoms in total. The third-order valence-corrected chi connectivity index (χ3v) is 4.11. The minimum absolute atomic E-state index is 0.00698. The molecule has 0 atom stereocenters. The smallest absolute Gasteiger partial charge is 0.301 e. The van der Waals surface area contributed by atoms with E-state index < -0.39 is 17.6 Å². The van der Waals surface area contributed by atoms with Crippen LogP contribution < -0.4 is 4.90 Å². The molecule has 3 rings (SSSR count). The molecular formula is C19H14N2O3. The summed E-state index contributed by atoms with van der Waals surface area (Å²) in [7, 11) is 0. The van der Waals surface area contributed by atoms with E-state index in [2.05, 4.69) is 0 Å². The van der Waals surface area contributed by atoms with Crippen LogP contribution in [0.25, 0.3) is 5.57 Å². The Balaban J connectivity index is 2.04. The quantitative estimate of drug-likeness (QED) is 0.863. The van der Waals surface area contributed by atoms with Gasteiger partial charge in [0.25, 0.3) is 5.91 Å². The average molecular weight is 318 g/mol. The molecule has 0 saturated heterocycles. The predicted octanol–water partition coefficient (Wildman–Crippen LogP) is 3.02. The van der Waals surface area contributed by atoms with Crippen molar-refractivity contribution in [1.82, 2.24) is 0 Å². The number of nitriles is 1. The van der Waals surface area contributed by atoms with Crippen molar-refractivity contribution in [3.8, 4) is 6.07 Å². The molecule has 2 aromatic rings. The fraction of sp³-hybridized carbons (Fsp3) is 0.105. The summed E-state index contributed by atoms with van der Waals surface area (Å²) in [6, 6.07) is 13.3. The SMILES string of the molecule is Cc1ccc(C2=C(O)C(=O)N(c3ccc(C#N)cc3)C2=O)cc1C. The van der Waals surface area contributed by atoms with Gasteiger partial charge in [0.2, 0.25) is 0 Å². The van der Waals surface area contributed by atoms with Crippen molar-refractivity contribution in [2.24, 2.45) is 0 Å². The van der Waals surface area contributed by atoms with Gasteiger partial charge in [-0.1, -0.05) is 18.2 Å². The third-order valence-electron chi connectivity index (χ3n) is 4.11. The summed E-state index contributed by atoms with van der Waals surface area (Å²) in [5, 5.41) is 19.0. The average Bonchev–Trinajstić information content (AvgIpc) is 2.80. The summed E-state index contributed by atoms with van der Waals surface area (Å²) in [5.41, 5.74) is 3.25. The van der Waals surface area contributed by atoms with E-state index in [-0.39, 0.29) is 5.57 Å². The summed E-state index contributed by atoms with van der Waals surface area (Å²) in [4.78, 5) is 26.0. The Hall–Kier alpha value is -3.39. The highest BCUT2D eigenvalue weighted by Gasteiger charge is 2.40. The van der Waals surface area contributed by atoms with Crippen LogP contribution in [-0.2, 0) is 9.59 Å². The fourth-order valence-corrected chi connectivity index (χ4v) is 2.59. The second-order valence-electron chi connectivity index (χ2n) is 5.63. The summed E-state index contributed by atoms with van der Waals surface area (Å²) >= 11 is 0. The number of aliphatic hydroxyl groups excluding tert-OH is 1. The van der Waals surface area contributed by atoms with E-state index in [1.807, 2.05) is 26.0 Å². The molecule has 0 saturated carbocycles. The van der Waals surface area contributed by atoms with Crippen molar-refractivity contribution < 1.29 is 14.7 Å². The second-order valence-corrected chi connectivity index (χ2v) is 5.63. The van der Waals surface area contributed by atoms with Crippen molar-refractivity contribution in [3.63, 3.8) is 0 Å². The second kappa shape index (κ2) is 5.67. The Labute approximate surface area is 139 Å². The number of carbonyl (C=O) groups is 2. The first-order chi connectivity index (χ1) is 11.4. The number of amides is 2. The molecule has 2 aromatic carbocycles. The Morgan fingerprint density at radius 1 is 0.958 bits per heavy atom. The molecule has 1 N–H and O–H groups in total. The van der Waals surface area contributed by atoms with E-state index in [0.717, 1.165) is 16.0 Å². The van der Waals surface area contributed by atoms with Crippen LogP contribution in [0.2, 0.25) is 0 Å². The molecule has 5 heteroatoms. The van der Waals surface area contributed by atoms with E-state index in [9.17, 15) is 14.7 Å². The topological polar surface area (TPSA) is 81.4 Å². The maximum atomic E-state index is 12.7. The fourth-order valence-electron chi connectivity index (χ4n) is 2.59. The number of imide groups is 1. The number of carbonyl (C=O) groups excluding carboxylic acids is 2.